The molecular formula is C10H13O2P. The van der Waals surface area contributed by atoms with Crippen molar-refractivity contribution in [2.24, 2.45) is 0 Å². The molecule has 1 unspecified atom stereocenters. The largest absolute Gasteiger partial charge is 0.380 e. The van der Waals surface area contributed by atoms with Gasteiger partial charge in [0.2, 0.25) is 0 Å². The van der Waals surface area contributed by atoms with Crippen LogP contribution in [0.3, 0.4) is 0 Å². The van der Waals surface area contributed by atoms with Crippen LogP contribution in [0.5, 0.6) is 0 Å². The van der Waals surface area contributed by atoms with Crippen molar-refractivity contribution in [1.29, 1.82) is 0 Å². The molecule has 0 radical (unpaired) electrons. The Kier molecular flexibility index (Phi) is 4.07. The number of hydrogen-bond acceptors (Lipinski definition) is 2. The monoisotopic (exact) mass is 196 g/mol. The van der Waals surface area contributed by atoms with E-state index in [2.05, 4.69) is 9.24 Å². The van der Waals surface area contributed by atoms with E-state index in [1.807, 2.05) is 18.2 Å². The van der Waals surface area contributed by atoms with Crippen LogP contribution in [-0.4, -0.2) is 13.4 Å². The number of rotatable bonds is 4. The smallest absolute Gasteiger partial charge is 0.150 e. The van der Waals surface area contributed by atoms with E-state index in [1.165, 1.54) is 5.56 Å². The summed E-state index contributed by atoms with van der Waals surface area (Å²) in [5.74, 6) is 0. The number of aldehydes is 1. The maximum atomic E-state index is 10.6. The highest BCUT2D eigenvalue weighted by atomic mass is 31.0. The molecule has 0 saturated heterocycles. The van der Waals surface area contributed by atoms with Gasteiger partial charge in [0.15, 0.2) is 0 Å². The van der Waals surface area contributed by atoms with E-state index in [-0.39, 0.29) is 0 Å². The summed E-state index contributed by atoms with van der Waals surface area (Å²) in [4.78, 5) is 10.6. The predicted molar refractivity (Wildman–Crippen MR) is 56.0 cm³/mol. The first-order valence-corrected chi connectivity index (χ1v) is 4.89. The van der Waals surface area contributed by atoms with Gasteiger partial charge in [0.1, 0.15) is 6.29 Å². The van der Waals surface area contributed by atoms with Crippen molar-refractivity contribution in [3.05, 3.63) is 34.9 Å². The van der Waals surface area contributed by atoms with Gasteiger partial charge in [0, 0.05) is 12.7 Å². The van der Waals surface area contributed by atoms with Crippen LogP contribution < -0.4 is 0 Å². The summed E-state index contributed by atoms with van der Waals surface area (Å²) in [6.45, 7) is 0.493. The SMILES string of the molecule is COCc1cc(CP)ccc1C=O. The van der Waals surface area contributed by atoms with Crippen LogP contribution in [0.4, 0.5) is 0 Å². The zero-order chi connectivity index (χ0) is 9.68. The Balaban J connectivity index is 3.02. The highest BCUT2D eigenvalue weighted by molar-refractivity contribution is 7.15. The van der Waals surface area contributed by atoms with Crippen LogP contribution >= 0.6 is 9.24 Å². The number of carbonyl (C=O) groups is 1. The lowest BCUT2D eigenvalue weighted by Gasteiger charge is -2.05. The lowest BCUT2D eigenvalue weighted by molar-refractivity contribution is 0.111. The average Bonchev–Trinajstić information content (AvgIpc) is 2.18. The van der Waals surface area contributed by atoms with Crippen molar-refractivity contribution < 1.29 is 9.53 Å². The molecule has 0 N–H and O–H groups in total. The molecule has 0 aliphatic heterocycles. The number of carbonyl (C=O) groups excluding carboxylic acids is 1. The topological polar surface area (TPSA) is 26.3 Å². The maximum Gasteiger partial charge on any atom is 0.150 e. The van der Waals surface area contributed by atoms with Crippen molar-refractivity contribution >= 4 is 15.5 Å². The van der Waals surface area contributed by atoms with E-state index in [4.69, 9.17) is 4.74 Å². The van der Waals surface area contributed by atoms with Gasteiger partial charge < -0.3 is 4.74 Å². The summed E-state index contributed by atoms with van der Waals surface area (Å²) < 4.78 is 5.00. The summed E-state index contributed by atoms with van der Waals surface area (Å²) in [5.41, 5.74) is 2.86. The molecule has 0 spiro atoms. The van der Waals surface area contributed by atoms with Gasteiger partial charge in [-0.15, -0.1) is 9.24 Å². The summed E-state index contributed by atoms with van der Waals surface area (Å²) in [5, 5.41) is 0. The number of ether oxygens (including phenoxy) is 1. The van der Waals surface area contributed by atoms with Crippen molar-refractivity contribution in [2.75, 3.05) is 7.11 Å². The Morgan fingerprint density at radius 2 is 2.31 bits per heavy atom. The van der Waals surface area contributed by atoms with E-state index < -0.39 is 0 Å². The first kappa shape index (κ1) is 10.4. The lowest BCUT2D eigenvalue weighted by atomic mass is 10.1. The number of hydrogen-bond donors (Lipinski definition) is 0. The Labute approximate surface area is 80.5 Å². The zero-order valence-electron chi connectivity index (χ0n) is 7.62. The number of methoxy groups -OCH3 is 1. The second-order valence-electron chi connectivity index (χ2n) is 2.79. The molecule has 0 bridgehead atoms. The van der Waals surface area contributed by atoms with Gasteiger partial charge in [-0.25, -0.2) is 0 Å². The van der Waals surface area contributed by atoms with Gasteiger partial charge in [0.25, 0.3) is 0 Å². The minimum Gasteiger partial charge on any atom is -0.380 e. The first-order valence-electron chi connectivity index (χ1n) is 4.07. The predicted octanol–water partition coefficient (Wildman–Crippen LogP) is 2.02. The highest BCUT2D eigenvalue weighted by Gasteiger charge is 2.01. The van der Waals surface area contributed by atoms with Crippen LogP contribution in [0.2, 0.25) is 0 Å². The molecule has 0 aliphatic carbocycles. The molecule has 13 heavy (non-hydrogen) atoms. The molecule has 1 atom stereocenters. The minimum absolute atomic E-state index is 0.493. The second kappa shape index (κ2) is 5.11. The molecule has 1 rings (SSSR count). The van der Waals surface area contributed by atoms with Crippen LogP contribution in [0.15, 0.2) is 18.2 Å². The fraction of sp³-hybridized carbons (Fsp3) is 0.300. The van der Waals surface area contributed by atoms with Gasteiger partial charge in [-0.2, -0.15) is 0 Å². The van der Waals surface area contributed by atoms with Gasteiger partial charge in [-0.3, -0.25) is 4.79 Å². The Morgan fingerprint density at radius 1 is 1.54 bits per heavy atom. The molecule has 0 fully saturated rings. The Hall–Kier alpha value is -0.720. The molecule has 1 aromatic rings. The van der Waals surface area contributed by atoms with Gasteiger partial charge in [0.05, 0.1) is 6.61 Å². The van der Waals surface area contributed by atoms with Crippen LogP contribution in [0.25, 0.3) is 0 Å². The molecule has 0 aliphatic rings. The molecule has 0 heterocycles. The normalized spacial score (nSPS) is 10.0. The summed E-state index contributed by atoms with van der Waals surface area (Å²) in [6, 6.07) is 5.79. The van der Waals surface area contributed by atoms with Crippen LogP contribution in [0, 0.1) is 0 Å². The van der Waals surface area contributed by atoms with Crippen molar-refractivity contribution in [3.63, 3.8) is 0 Å². The fourth-order valence-corrected chi connectivity index (χ4v) is 1.44. The van der Waals surface area contributed by atoms with Crippen molar-refractivity contribution in [3.8, 4) is 0 Å². The van der Waals surface area contributed by atoms with Gasteiger partial charge in [-0.05, 0) is 17.3 Å². The second-order valence-corrected chi connectivity index (χ2v) is 3.20. The standard InChI is InChI=1S/C10H13O2P/c1-12-6-10-4-8(7-13)2-3-9(10)5-11/h2-5H,6-7,13H2,1H3. The minimum atomic E-state index is 0.493. The maximum absolute atomic E-state index is 10.6. The van der Waals surface area contributed by atoms with Crippen LogP contribution in [-0.2, 0) is 17.5 Å². The summed E-state index contributed by atoms with van der Waals surface area (Å²) >= 11 is 0. The van der Waals surface area contributed by atoms with Gasteiger partial charge >= 0.3 is 0 Å². The molecule has 0 amide bonds. The van der Waals surface area contributed by atoms with E-state index >= 15 is 0 Å². The van der Waals surface area contributed by atoms with E-state index in [0.29, 0.717) is 12.2 Å². The van der Waals surface area contributed by atoms with Crippen molar-refractivity contribution in [1.82, 2.24) is 0 Å². The highest BCUT2D eigenvalue weighted by Crippen LogP contribution is 2.13. The number of benzene rings is 1. The average molecular weight is 196 g/mol. The summed E-state index contributed by atoms with van der Waals surface area (Å²) in [7, 11) is 4.28. The van der Waals surface area contributed by atoms with Crippen molar-refractivity contribution in [2.45, 2.75) is 12.8 Å². The zero-order valence-corrected chi connectivity index (χ0v) is 8.77. The first-order chi connectivity index (χ1) is 6.31. The van der Waals surface area contributed by atoms with Gasteiger partial charge in [-0.1, -0.05) is 18.2 Å². The molecule has 0 aromatic heterocycles. The molecule has 70 valence electrons. The van der Waals surface area contributed by atoms with E-state index in [9.17, 15) is 4.79 Å². The molecule has 2 nitrogen and oxygen atoms in total. The third-order valence-electron chi connectivity index (χ3n) is 1.87. The molecule has 0 saturated carbocycles. The van der Waals surface area contributed by atoms with Crippen LogP contribution in [0.1, 0.15) is 21.5 Å². The van der Waals surface area contributed by atoms with E-state index in [1.54, 1.807) is 7.11 Å². The summed E-state index contributed by atoms with van der Waals surface area (Å²) in [6.07, 6.45) is 1.76. The lowest BCUT2D eigenvalue weighted by Crippen LogP contribution is -1.95. The quantitative estimate of drug-likeness (QED) is 0.544. The molecule has 1 aromatic carbocycles. The Bertz CT molecular complexity index is 297. The Morgan fingerprint density at radius 3 is 2.85 bits per heavy atom. The fourth-order valence-electron chi connectivity index (χ4n) is 1.18. The third-order valence-corrected chi connectivity index (χ3v) is 2.34. The third kappa shape index (κ3) is 2.61. The van der Waals surface area contributed by atoms with E-state index in [0.717, 1.165) is 18.0 Å². The molecule has 3 heteroatoms. The molecular weight excluding hydrogens is 183 g/mol.